The lowest BCUT2D eigenvalue weighted by Gasteiger charge is -2.27. The lowest BCUT2D eigenvalue weighted by atomic mass is 9.89. The summed E-state index contributed by atoms with van der Waals surface area (Å²) in [6.07, 6.45) is 3.51. The predicted molar refractivity (Wildman–Crippen MR) is 99.2 cm³/mol. The standard InChI is InChI=1S/C22H25NO/c1-15-6-4-5-7-20(15)23(14-16-8-9-16)18-10-11-19-17(12-18)13-22(2,3)21(19)24/h4-7,10-12,16H,8-9,13-14H2,1-3H3. The van der Waals surface area contributed by atoms with E-state index in [0.29, 0.717) is 0 Å². The molecule has 0 aliphatic heterocycles. The second kappa shape index (κ2) is 5.47. The van der Waals surface area contributed by atoms with Crippen molar-refractivity contribution in [1.29, 1.82) is 0 Å². The van der Waals surface area contributed by atoms with Gasteiger partial charge in [-0.1, -0.05) is 32.0 Å². The quantitative estimate of drug-likeness (QED) is 0.761. The monoisotopic (exact) mass is 319 g/mol. The molecule has 0 unspecified atom stereocenters. The number of rotatable bonds is 4. The van der Waals surface area contributed by atoms with Crippen LogP contribution in [0.15, 0.2) is 42.5 Å². The Morgan fingerprint density at radius 3 is 2.58 bits per heavy atom. The Kier molecular flexibility index (Phi) is 3.52. The molecule has 2 aliphatic rings. The summed E-state index contributed by atoms with van der Waals surface area (Å²) in [6, 6.07) is 15.0. The molecule has 2 aromatic carbocycles. The summed E-state index contributed by atoms with van der Waals surface area (Å²) in [5, 5.41) is 0. The van der Waals surface area contributed by atoms with E-state index < -0.39 is 0 Å². The average Bonchev–Trinajstić information content (AvgIpc) is 3.33. The van der Waals surface area contributed by atoms with Crippen LogP contribution in [0.5, 0.6) is 0 Å². The average molecular weight is 319 g/mol. The SMILES string of the molecule is Cc1ccccc1N(CC1CC1)c1ccc2c(c1)CC(C)(C)C2=O. The Labute approximate surface area is 144 Å². The molecule has 0 radical (unpaired) electrons. The summed E-state index contributed by atoms with van der Waals surface area (Å²) in [4.78, 5) is 14.9. The topological polar surface area (TPSA) is 20.3 Å². The van der Waals surface area contributed by atoms with E-state index in [1.165, 1.54) is 35.3 Å². The second-order valence-corrected chi connectivity index (χ2v) is 8.07. The first-order chi connectivity index (χ1) is 11.5. The molecule has 4 rings (SSSR count). The van der Waals surface area contributed by atoms with E-state index in [9.17, 15) is 4.79 Å². The molecule has 24 heavy (non-hydrogen) atoms. The van der Waals surface area contributed by atoms with Crippen molar-refractivity contribution in [2.45, 2.75) is 40.0 Å². The molecule has 1 saturated carbocycles. The van der Waals surface area contributed by atoms with E-state index in [0.717, 1.165) is 24.4 Å². The van der Waals surface area contributed by atoms with E-state index in [4.69, 9.17) is 0 Å². The Morgan fingerprint density at radius 1 is 1.12 bits per heavy atom. The Bertz CT molecular complexity index is 801. The van der Waals surface area contributed by atoms with Crippen molar-refractivity contribution in [3.05, 3.63) is 59.2 Å². The van der Waals surface area contributed by atoms with E-state index in [2.05, 4.69) is 62.1 Å². The summed E-state index contributed by atoms with van der Waals surface area (Å²) in [5.41, 5.74) is 5.67. The molecule has 0 atom stereocenters. The van der Waals surface area contributed by atoms with Gasteiger partial charge in [-0.25, -0.2) is 0 Å². The fourth-order valence-electron chi connectivity index (χ4n) is 3.80. The molecular formula is C22H25NO. The highest BCUT2D eigenvalue weighted by atomic mass is 16.1. The molecule has 1 fully saturated rings. The Hall–Kier alpha value is -2.09. The van der Waals surface area contributed by atoms with E-state index in [1.807, 2.05) is 6.07 Å². The van der Waals surface area contributed by atoms with Crippen molar-refractivity contribution < 1.29 is 4.79 Å². The van der Waals surface area contributed by atoms with Gasteiger partial charge >= 0.3 is 0 Å². The maximum Gasteiger partial charge on any atom is 0.169 e. The third-order valence-corrected chi connectivity index (χ3v) is 5.44. The highest BCUT2D eigenvalue weighted by Crippen LogP contribution is 2.41. The smallest absolute Gasteiger partial charge is 0.169 e. The number of nitrogens with zero attached hydrogens (tertiary/aromatic N) is 1. The second-order valence-electron chi connectivity index (χ2n) is 8.07. The van der Waals surface area contributed by atoms with Crippen LogP contribution >= 0.6 is 0 Å². The number of para-hydroxylation sites is 1. The van der Waals surface area contributed by atoms with Crippen molar-refractivity contribution in [3.63, 3.8) is 0 Å². The predicted octanol–water partition coefficient (Wildman–Crippen LogP) is 5.31. The maximum atomic E-state index is 12.5. The van der Waals surface area contributed by atoms with Gasteiger partial charge < -0.3 is 4.90 Å². The number of hydrogen-bond donors (Lipinski definition) is 0. The van der Waals surface area contributed by atoms with Crippen LogP contribution in [0.4, 0.5) is 11.4 Å². The number of aryl methyl sites for hydroxylation is 1. The van der Waals surface area contributed by atoms with Gasteiger partial charge in [-0.05, 0) is 67.5 Å². The summed E-state index contributed by atoms with van der Waals surface area (Å²) >= 11 is 0. The van der Waals surface area contributed by atoms with Gasteiger partial charge in [0.25, 0.3) is 0 Å². The summed E-state index contributed by atoms with van der Waals surface area (Å²) in [6.45, 7) is 7.35. The molecule has 2 aromatic rings. The van der Waals surface area contributed by atoms with Crippen LogP contribution in [-0.2, 0) is 6.42 Å². The van der Waals surface area contributed by atoms with Crippen LogP contribution in [0.3, 0.4) is 0 Å². The van der Waals surface area contributed by atoms with Crippen LogP contribution in [0, 0.1) is 18.3 Å². The zero-order valence-electron chi connectivity index (χ0n) is 14.8. The Morgan fingerprint density at radius 2 is 1.88 bits per heavy atom. The number of carbonyl (C=O) groups is 1. The number of benzene rings is 2. The summed E-state index contributed by atoms with van der Waals surface area (Å²) < 4.78 is 0. The van der Waals surface area contributed by atoms with Gasteiger partial charge in [0, 0.05) is 28.9 Å². The normalized spacial score (nSPS) is 18.5. The maximum absolute atomic E-state index is 12.5. The summed E-state index contributed by atoms with van der Waals surface area (Å²) in [7, 11) is 0. The van der Waals surface area contributed by atoms with Gasteiger partial charge in [-0.15, -0.1) is 0 Å². The van der Waals surface area contributed by atoms with Crippen molar-refractivity contribution in [1.82, 2.24) is 0 Å². The third-order valence-electron chi connectivity index (χ3n) is 5.44. The van der Waals surface area contributed by atoms with E-state index in [1.54, 1.807) is 0 Å². The van der Waals surface area contributed by atoms with Gasteiger partial charge in [0.15, 0.2) is 5.78 Å². The minimum atomic E-state index is -0.259. The van der Waals surface area contributed by atoms with E-state index in [-0.39, 0.29) is 11.2 Å². The van der Waals surface area contributed by atoms with Crippen LogP contribution in [0.2, 0.25) is 0 Å². The van der Waals surface area contributed by atoms with Crippen LogP contribution in [0.1, 0.15) is 48.2 Å². The van der Waals surface area contributed by atoms with Gasteiger partial charge in [0.1, 0.15) is 0 Å². The third kappa shape index (κ3) is 2.64. The molecule has 0 aromatic heterocycles. The van der Waals surface area contributed by atoms with E-state index >= 15 is 0 Å². The van der Waals surface area contributed by atoms with Crippen LogP contribution in [0.25, 0.3) is 0 Å². The molecule has 0 bridgehead atoms. The first-order valence-corrected chi connectivity index (χ1v) is 8.96. The van der Waals surface area contributed by atoms with Crippen molar-refractivity contribution >= 4 is 17.2 Å². The van der Waals surface area contributed by atoms with Crippen molar-refractivity contribution in [3.8, 4) is 0 Å². The number of ketones is 1. The number of anilines is 2. The molecule has 0 heterocycles. The highest BCUT2D eigenvalue weighted by Gasteiger charge is 2.37. The largest absolute Gasteiger partial charge is 0.341 e. The summed E-state index contributed by atoms with van der Waals surface area (Å²) in [5.74, 6) is 1.09. The van der Waals surface area contributed by atoms with Crippen molar-refractivity contribution in [2.24, 2.45) is 11.3 Å². The molecule has 0 amide bonds. The number of fused-ring (bicyclic) bond motifs is 1. The first-order valence-electron chi connectivity index (χ1n) is 8.96. The molecule has 2 aliphatic carbocycles. The van der Waals surface area contributed by atoms with Crippen LogP contribution in [-0.4, -0.2) is 12.3 Å². The minimum absolute atomic E-state index is 0.259. The van der Waals surface area contributed by atoms with Gasteiger partial charge in [-0.3, -0.25) is 4.79 Å². The highest BCUT2D eigenvalue weighted by molar-refractivity contribution is 6.04. The molecule has 2 nitrogen and oxygen atoms in total. The molecule has 2 heteroatoms. The number of Topliss-reactive ketones (excluding diaryl/α,β-unsaturated/α-hetero) is 1. The van der Waals surface area contributed by atoms with Crippen LogP contribution < -0.4 is 4.90 Å². The molecule has 0 saturated heterocycles. The van der Waals surface area contributed by atoms with Crippen molar-refractivity contribution in [2.75, 3.05) is 11.4 Å². The fraction of sp³-hybridized carbons (Fsp3) is 0.409. The Balaban J connectivity index is 1.75. The van der Waals surface area contributed by atoms with Gasteiger partial charge in [-0.2, -0.15) is 0 Å². The molecule has 0 N–H and O–H groups in total. The number of carbonyl (C=O) groups excluding carboxylic acids is 1. The number of hydrogen-bond acceptors (Lipinski definition) is 2. The zero-order valence-corrected chi connectivity index (χ0v) is 14.8. The zero-order chi connectivity index (χ0) is 16.9. The molecular weight excluding hydrogens is 294 g/mol. The fourth-order valence-corrected chi connectivity index (χ4v) is 3.80. The molecule has 124 valence electrons. The first kappa shape index (κ1) is 15.4. The lowest BCUT2D eigenvalue weighted by Crippen LogP contribution is -2.21. The lowest BCUT2D eigenvalue weighted by molar-refractivity contribution is 0.0863. The molecule has 0 spiro atoms. The van der Waals surface area contributed by atoms with Gasteiger partial charge in [0.2, 0.25) is 0 Å². The van der Waals surface area contributed by atoms with Gasteiger partial charge in [0.05, 0.1) is 0 Å². The minimum Gasteiger partial charge on any atom is -0.341 e.